The van der Waals surface area contributed by atoms with Crippen molar-refractivity contribution in [1.82, 2.24) is 15.2 Å². The third-order valence-electron chi connectivity index (χ3n) is 4.40. The van der Waals surface area contributed by atoms with Crippen LogP contribution >= 0.6 is 11.8 Å². The normalized spacial score (nSPS) is 12.5. The number of aromatic nitrogens is 3. The molecule has 2 aromatic heterocycles. The lowest BCUT2D eigenvalue weighted by Gasteiger charge is -2.03. The minimum atomic E-state index is -0.0737. The first-order valence-corrected chi connectivity index (χ1v) is 9.57. The van der Waals surface area contributed by atoms with Crippen molar-refractivity contribution < 1.29 is 10.2 Å². The predicted molar refractivity (Wildman–Crippen MR) is 103 cm³/mol. The van der Waals surface area contributed by atoms with E-state index < -0.39 is 0 Å². The SMILES string of the molecule is Cc1ccc(CSc2nnc([C@@H]([NH3+])Cc3c[nH]c4ccccc34)o2)cc1. The Morgan fingerprint density at radius 2 is 1.92 bits per heavy atom. The van der Waals surface area contributed by atoms with Crippen LogP contribution in [-0.2, 0) is 12.2 Å². The van der Waals surface area contributed by atoms with E-state index in [1.165, 1.54) is 22.1 Å². The summed E-state index contributed by atoms with van der Waals surface area (Å²) in [5.41, 5.74) is 9.06. The molecule has 5 nitrogen and oxygen atoms in total. The lowest BCUT2D eigenvalue weighted by Crippen LogP contribution is -2.54. The maximum Gasteiger partial charge on any atom is 0.277 e. The molecule has 0 saturated carbocycles. The summed E-state index contributed by atoms with van der Waals surface area (Å²) in [5, 5.41) is 10.2. The Hall–Kier alpha value is -2.57. The molecule has 2 aromatic carbocycles. The second-order valence-corrected chi connectivity index (χ2v) is 7.37. The summed E-state index contributed by atoms with van der Waals surface area (Å²) in [6.07, 6.45) is 2.79. The van der Waals surface area contributed by atoms with Crippen molar-refractivity contribution in [3.05, 3.63) is 77.3 Å². The summed E-state index contributed by atoms with van der Waals surface area (Å²) in [6, 6.07) is 16.7. The topological polar surface area (TPSA) is 82.4 Å². The van der Waals surface area contributed by atoms with Crippen LogP contribution in [0.4, 0.5) is 0 Å². The Morgan fingerprint density at radius 1 is 1.12 bits per heavy atom. The van der Waals surface area contributed by atoms with E-state index in [4.69, 9.17) is 4.42 Å². The zero-order valence-electron chi connectivity index (χ0n) is 14.6. The van der Waals surface area contributed by atoms with Crippen molar-refractivity contribution >= 4 is 22.7 Å². The Bertz CT molecular complexity index is 1010. The molecule has 0 fully saturated rings. The molecule has 0 unspecified atom stereocenters. The molecule has 4 rings (SSSR count). The van der Waals surface area contributed by atoms with Crippen LogP contribution in [0.1, 0.15) is 28.6 Å². The molecule has 0 aliphatic carbocycles. The predicted octanol–water partition coefficient (Wildman–Crippen LogP) is 3.68. The van der Waals surface area contributed by atoms with Gasteiger partial charge in [-0.2, -0.15) is 0 Å². The highest BCUT2D eigenvalue weighted by molar-refractivity contribution is 7.98. The molecule has 0 amide bonds. The average molecular weight is 365 g/mol. The van der Waals surface area contributed by atoms with Crippen LogP contribution in [0.25, 0.3) is 10.9 Å². The van der Waals surface area contributed by atoms with Crippen LogP contribution in [0.15, 0.2) is 64.4 Å². The first-order valence-electron chi connectivity index (χ1n) is 8.59. The number of nitrogens with zero attached hydrogens (tertiary/aromatic N) is 2. The van der Waals surface area contributed by atoms with Crippen LogP contribution in [0.2, 0.25) is 0 Å². The van der Waals surface area contributed by atoms with Gasteiger partial charge in [-0.3, -0.25) is 0 Å². The molecule has 26 heavy (non-hydrogen) atoms. The summed E-state index contributed by atoms with van der Waals surface area (Å²) in [6.45, 7) is 2.09. The molecule has 0 saturated heterocycles. The zero-order valence-corrected chi connectivity index (χ0v) is 15.4. The highest BCUT2D eigenvalue weighted by Crippen LogP contribution is 2.25. The van der Waals surface area contributed by atoms with Gasteiger partial charge in [0.1, 0.15) is 0 Å². The van der Waals surface area contributed by atoms with Crippen molar-refractivity contribution in [2.75, 3.05) is 0 Å². The van der Waals surface area contributed by atoms with Gasteiger partial charge in [-0.05, 0) is 24.1 Å². The van der Waals surface area contributed by atoms with Gasteiger partial charge in [0.15, 0.2) is 6.04 Å². The largest absolute Gasteiger partial charge is 0.410 e. The summed E-state index contributed by atoms with van der Waals surface area (Å²) in [7, 11) is 0. The highest BCUT2D eigenvalue weighted by atomic mass is 32.2. The van der Waals surface area contributed by atoms with Gasteiger partial charge >= 0.3 is 0 Å². The molecule has 0 aliphatic heterocycles. The van der Waals surface area contributed by atoms with Crippen molar-refractivity contribution in [1.29, 1.82) is 0 Å². The lowest BCUT2D eigenvalue weighted by atomic mass is 10.1. The van der Waals surface area contributed by atoms with Gasteiger partial charge in [0.2, 0.25) is 0 Å². The molecule has 2 heterocycles. The first kappa shape index (κ1) is 16.9. The lowest BCUT2D eigenvalue weighted by molar-refractivity contribution is -0.431. The Kier molecular flexibility index (Phi) is 4.77. The minimum absolute atomic E-state index is 0.0737. The van der Waals surface area contributed by atoms with Gasteiger partial charge in [-0.25, -0.2) is 0 Å². The maximum absolute atomic E-state index is 5.82. The van der Waals surface area contributed by atoms with Gasteiger partial charge in [0.25, 0.3) is 11.1 Å². The third kappa shape index (κ3) is 3.66. The Labute approximate surface area is 156 Å². The van der Waals surface area contributed by atoms with Crippen molar-refractivity contribution in [3.63, 3.8) is 0 Å². The summed E-state index contributed by atoms with van der Waals surface area (Å²) in [4.78, 5) is 3.29. The number of rotatable bonds is 6. The van der Waals surface area contributed by atoms with Crippen molar-refractivity contribution in [2.24, 2.45) is 0 Å². The van der Waals surface area contributed by atoms with E-state index in [9.17, 15) is 0 Å². The number of quaternary nitrogens is 1. The fourth-order valence-electron chi connectivity index (χ4n) is 2.93. The molecule has 4 N–H and O–H groups in total. The number of H-pyrrole nitrogens is 1. The first-order chi connectivity index (χ1) is 12.7. The molecule has 1 atom stereocenters. The molecule has 0 bridgehead atoms. The quantitative estimate of drug-likeness (QED) is 0.511. The zero-order chi connectivity index (χ0) is 17.9. The summed E-state index contributed by atoms with van der Waals surface area (Å²) < 4.78 is 5.82. The van der Waals surface area contributed by atoms with Gasteiger partial charge in [0.05, 0.1) is 0 Å². The maximum atomic E-state index is 5.82. The molecular formula is C20H21N4OS+. The van der Waals surface area contributed by atoms with Gasteiger partial charge in [-0.1, -0.05) is 59.8 Å². The van der Waals surface area contributed by atoms with Crippen LogP contribution < -0.4 is 5.73 Å². The van der Waals surface area contributed by atoms with Crippen LogP contribution in [0.5, 0.6) is 0 Å². The number of thioether (sulfide) groups is 1. The molecule has 4 aromatic rings. The van der Waals surface area contributed by atoms with E-state index >= 15 is 0 Å². The Balaban J connectivity index is 1.41. The van der Waals surface area contributed by atoms with E-state index in [0.717, 1.165) is 17.7 Å². The molecule has 132 valence electrons. The van der Waals surface area contributed by atoms with Crippen LogP contribution in [0.3, 0.4) is 0 Å². The summed E-state index contributed by atoms with van der Waals surface area (Å²) in [5.74, 6) is 1.40. The van der Waals surface area contributed by atoms with E-state index in [1.54, 1.807) is 11.8 Å². The second-order valence-electron chi connectivity index (χ2n) is 6.44. The number of para-hydroxylation sites is 1. The van der Waals surface area contributed by atoms with Crippen molar-refractivity contribution in [2.45, 2.75) is 30.4 Å². The third-order valence-corrected chi connectivity index (χ3v) is 5.29. The van der Waals surface area contributed by atoms with Crippen LogP contribution in [-0.4, -0.2) is 15.2 Å². The number of aryl methyl sites for hydroxylation is 1. The summed E-state index contributed by atoms with van der Waals surface area (Å²) >= 11 is 1.55. The average Bonchev–Trinajstić information content (AvgIpc) is 3.29. The second kappa shape index (κ2) is 7.35. The molecule has 0 spiro atoms. The number of hydrogen-bond donors (Lipinski definition) is 2. The highest BCUT2D eigenvalue weighted by Gasteiger charge is 2.20. The molecule has 0 aliphatic rings. The van der Waals surface area contributed by atoms with E-state index in [1.807, 2.05) is 18.3 Å². The molecule has 6 heteroatoms. The van der Waals surface area contributed by atoms with Gasteiger partial charge in [-0.15, -0.1) is 10.2 Å². The number of hydrogen-bond acceptors (Lipinski definition) is 4. The van der Waals surface area contributed by atoms with E-state index in [-0.39, 0.29) is 6.04 Å². The number of benzene rings is 2. The fraction of sp³-hybridized carbons (Fsp3) is 0.200. The number of fused-ring (bicyclic) bond motifs is 1. The van der Waals surface area contributed by atoms with Crippen molar-refractivity contribution in [3.8, 4) is 0 Å². The standard InChI is InChI=1S/C20H20N4OS/c1-13-6-8-14(9-7-13)12-26-20-24-23-19(25-20)17(21)10-15-11-22-18-5-3-2-4-16(15)18/h2-9,11,17,22H,10,12,21H2,1H3/p+1/t17-/m0/s1. The van der Waals surface area contributed by atoms with Crippen LogP contribution in [0, 0.1) is 6.92 Å². The van der Waals surface area contributed by atoms with Gasteiger partial charge < -0.3 is 15.1 Å². The van der Waals surface area contributed by atoms with E-state index in [2.05, 4.69) is 64.2 Å². The number of nitrogens with one attached hydrogen (secondary N) is 1. The molecule has 0 radical (unpaired) electrons. The fourth-order valence-corrected chi connectivity index (χ4v) is 3.65. The minimum Gasteiger partial charge on any atom is -0.410 e. The number of aromatic amines is 1. The van der Waals surface area contributed by atoms with Gasteiger partial charge in [0, 0.05) is 29.3 Å². The molecular weight excluding hydrogens is 344 g/mol. The smallest absolute Gasteiger partial charge is 0.277 e. The monoisotopic (exact) mass is 365 g/mol. The van der Waals surface area contributed by atoms with E-state index in [0.29, 0.717) is 11.1 Å². The Morgan fingerprint density at radius 3 is 2.77 bits per heavy atom.